The van der Waals surface area contributed by atoms with Crippen LogP contribution in [0.4, 0.5) is 0 Å². The zero-order valence-corrected chi connectivity index (χ0v) is 10.7. The number of rotatable bonds is 6. The van der Waals surface area contributed by atoms with E-state index >= 15 is 0 Å². The lowest BCUT2D eigenvalue weighted by Gasteiger charge is -2.00. The van der Waals surface area contributed by atoms with Crippen molar-refractivity contribution < 1.29 is 0 Å². The monoisotopic (exact) mass is 266 g/mol. The Kier molecular flexibility index (Phi) is 3.29. The molecule has 2 aromatic heterocycles. The van der Waals surface area contributed by atoms with Gasteiger partial charge in [-0.3, -0.25) is 9.36 Å². The molecular formula is C11H15ClN6. The summed E-state index contributed by atoms with van der Waals surface area (Å²) in [4.78, 5) is 0. The van der Waals surface area contributed by atoms with Crippen LogP contribution in [0.2, 0.25) is 5.02 Å². The summed E-state index contributed by atoms with van der Waals surface area (Å²) in [5, 5.41) is 16.4. The number of nitrogens with one attached hydrogen (secondary N) is 1. The molecule has 18 heavy (non-hydrogen) atoms. The molecule has 1 fully saturated rings. The molecule has 6 nitrogen and oxygen atoms in total. The van der Waals surface area contributed by atoms with E-state index in [0.717, 1.165) is 25.3 Å². The highest BCUT2D eigenvalue weighted by Gasteiger charge is 2.20. The van der Waals surface area contributed by atoms with Crippen molar-refractivity contribution in [2.75, 3.05) is 0 Å². The van der Waals surface area contributed by atoms with Gasteiger partial charge >= 0.3 is 0 Å². The number of hydrogen-bond donors (Lipinski definition) is 1. The summed E-state index contributed by atoms with van der Waals surface area (Å²) in [6.45, 7) is 2.29. The topological polar surface area (TPSA) is 60.6 Å². The van der Waals surface area contributed by atoms with Crippen LogP contribution in [0.1, 0.15) is 18.5 Å². The molecule has 0 bridgehead atoms. The van der Waals surface area contributed by atoms with Gasteiger partial charge in [0.15, 0.2) is 0 Å². The van der Waals surface area contributed by atoms with Crippen molar-refractivity contribution in [2.45, 2.75) is 38.5 Å². The Morgan fingerprint density at radius 3 is 2.83 bits per heavy atom. The maximum Gasteiger partial charge on any atom is 0.0964 e. The summed E-state index contributed by atoms with van der Waals surface area (Å²) < 4.78 is 3.63. The molecule has 0 radical (unpaired) electrons. The minimum absolute atomic E-state index is 0.655. The molecule has 2 heterocycles. The molecule has 0 spiro atoms. The molecule has 1 aliphatic rings. The lowest BCUT2D eigenvalue weighted by molar-refractivity contribution is 0.490. The van der Waals surface area contributed by atoms with Gasteiger partial charge in [-0.25, -0.2) is 0 Å². The van der Waals surface area contributed by atoms with E-state index in [0.29, 0.717) is 11.1 Å². The van der Waals surface area contributed by atoms with Crippen molar-refractivity contribution in [3.63, 3.8) is 0 Å². The average Bonchev–Trinajstić information content (AvgIpc) is 2.93. The second-order valence-electron chi connectivity index (χ2n) is 4.55. The van der Waals surface area contributed by atoms with Gasteiger partial charge in [-0.2, -0.15) is 5.10 Å². The third-order valence-corrected chi connectivity index (χ3v) is 3.09. The highest BCUT2D eigenvalue weighted by Crippen LogP contribution is 2.18. The van der Waals surface area contributed by atoms with Gasteiger partial charge in [0, 0.05) is 25.0 Å². The number of aromatic nitrogens is 5. The Balaban J connectivity index is 1.49. The van der Waals surface area contributed by atoms with E-state index in [2.05, 4.69) is 20.7 Å². The van der Waals surface area contributed by atoms with Crippen LogP contribution >= 0.6 is 11.6 Å². The maximum atomic E-state index is 5.80. The number of nitrogens with zero attached hydrogens (tertiary/aromatic N) is 5. The predicted molar refractivity (Wildman–Crippen MR) is 67.1 cm³/mol. The van der Waals surface area contributed by atoms with Gasteiger partial charge in [0.1, 0.15) is 0 Å². The minimum atomic E-state index is 0.655. The Morgan fingerprint density at radius 1 is 1.28 bits per heavy atom. The summed E-state index contributed by atoms with van der Waals surface area (Å²) in [7, 11) is 0. The van der Waals surface area contributed by atoms with Gasteiger partial charge in [-0.15, -0.1) is 5.10 Å². The summed E-state index contributed by atoms with van der Waals surface area (Å²) in [6.07, 6.45) is 7.98. The van der Waals surface area contributed by atoms with Gasteiger partial charge in [0.05, 0.1) is 30.0 Å². The van der Waals surface area contributed by atoms with E-state index in [1.165, 1.54) is 12.8 Å². The Bertz CT molecular complexity index is 515. The van der Waals surface area contributed by atoms with Gasteiger partial charge in [0.25, 0.3) is 0 Å². The fourth-order valence-electron chi connectivity index (χ4n) is 1.73. The van der Waals surface area contributed by atoms with E-state index in [1.807, 2.05) is 10.9 Å². The number of hydrogen-bond acceptors (Lipinski definition) is 4. The number of halogens is 1. The summed E-state index contributed by atoms with van der Waals surface area (Å²) in [6, 6.07) is 0.696. The molecule has 0 saturated heterocycles. The van der Waals surface area contributed by atoms with Crippen molar-refractivity contribution in [1.82, 2.24) is 30.1 Å². The van der Waals surface area contributed by atoms with Gasteiger partial charge < -0.3 is 5.32 Å². The van der Waals surface area contributed by atoms with Gasteiger partial charge in [-0.05, 0) is 12.8 Å². The zero-order chi connectivity index (χ0) is 12.4. The van der Waals surface area contributed by atoms with E-state index in [9.17, 15) is 0 Å². The van der Waals surface area contributed by atoms with E-state index in [4.69, 9.17) is 11.6 Å². The quantitative estimate of drug-likeness (QED) is 0.850. The van der Waals surface area contributed by atoms with Crippen molar-refractivity contribution in [3.8, 4) is 0 Å². The van der Waals surface area contributed by atoms with Crippen molar-refractivity contribution >= 4 is 11.6 Å². The highest BCUT2D eigenvalue weighted by atomic mass is 35.5. The molecule has 7 heteroatoms. The van der Waals surface area contributed by atoms with Crippen molar-refractivity contribution in [2.24, 2.45) is 0 Å². The molecule has 1 N–H and O–H groups in total. The summed E-state index contributed by atoms with van der Waals surface area (Å²) in [5.74, 6) is 0. The van der Waals surface area contributed by atoms with E-state index < -0.39 is 0 Å². The first-order valence-electron chi connectivity index (χ1n) is 6.10. The largest absolute Gasteiger partial charge is 0.308 e. The van der Waals surface area contributed by atoms with Crippen LogP contribution in [0.25, 0.3) is 0 Å². The predicted octanol–water partition coefficient (Wildman–Crippen LogP) is 1.08. The van der Waals surface area contributed by atoms with Crippen molar-refractivity contribution in [3.05, 3.63) is 29.3 Å². The SMILES string of the molecule is Clc1cnn(CCn2cc(CNC3CC3)nn2)c1. The standard InChI is InChI=1S/C11H15ClN6/c12-9-5-14-17(7-9)3-4-18-8-11(15-16-18)6-13-10-1-2-10/h5,7-8,10,13H,1-4,6H2. The highest BCUT2D eigenvalue weighted by molar-refractivity contribution is 6.30. The Morgan fingerprint density at radius 2 is 2.11 bits per heavy atom. The van der Waals surface area contributed by atoms with Crippen LogP contribution in [0, 0.1) is 0 Å². The number of aryl methyl sites for hydroxylation is 2. The molecule has 1 aliphatic carbocycles. The van der Waals surface area contributed by atoms with Crippen LogP contribution in [0.15, 0.2) is 18.6 Å². The molecule has 96 valence electrons. The maximum absolute atomic E-state index is 5.80. The molecule has 0 aliphatic heterocycles. The molecule has 0 aromatic carbocycles. The fourth-order valence-corrected chi connectivity index (χ4v) is 1.89. The summed E-state index contributed by atoms with van der Waals surface area (Å²) >= 11 is 5.80. The van der Waals surface area contributed by atoms with E-state index in [-0.39, 0.29) is 0 Å². The Hall–Kier alpha value is -1.40. The molecule has 0 amide bonds. The van der Waals surface area contributed by atoms with Gasteiger partial charge in [0.2, 0.25) is 0 Å². The fraction of sp³-hybridized carbons (Fsp3) is 0.545. The molecular weight excluding hydrogens is 252 g/mol. The average molecular weight is 267 g/mol. The van der Waals surface area contributed by atoms with E-state index in [1.54, 1.807) is 17.1 Å². The molecule has 0 unspecified atom stereocenters. The van der Waals surface area contributed by atoms with Gasteiger partial charge in [-0.1, -0.05) is 16.8 Å². The van der Waals surface area contributed by atoms with Crippen LogP contribution in [0.5, 0.6) is 0 Å². The third-order valence-electron chi connectivity index (χ3n) is 2.90. The van der Waals surface area contributed by atoms with Crippen LogP contribution in [0.3, 0.4) is 0 Å². The van der Waals surface area contributed by atoms with Crippen LogP contribution < -0.4 is 5.32 Å². The smallest absolute Gasteiger partial charge is 0.0964 e. The first kappa shape index (κ1) is 11.7. The Labute approximate surface area is 110 Å². The second-order valence-corrected chi connectivity index (χ2v) is 4.99. The first-order valence-corrected chi connectivity index (χ1v) is 6.48. The molecule has 2 aromatic rings. The summed E-state index contributed by atoms with van der Waals surface area (Å²) in [5.41, 5.74) is 0.986. The van der Waals surface area contributed by atoms with Crippen molar-refractivity contribution in [1.29, 1.82) is 0 Å². The minimum Gasteiger partial charge on any atom is -0.308 e. The normalized spacial score (nSPS) is 15.2. The second kappa shape index (κ2) is 5.07. The first-order chi connectivity index (χ1) is 8.79. The molecule has 3 rings (SSSR count). The molecule has 1 saturated carbocycles. The lowest BCUT2D eigenvalue weighted by atomic mass is 10.4. The lowest BCUT2D eigenvalue weighted by Crippen LogP contribution is -2.15. The van der Waals surface area contributed by atoms with Crippen LogP contribution in [-0.4, -0.2) is 30.8 Å². The van der Waals surface area contributed by atoms with Crippen LogP contribution in [-0.2, 0) is 19.6 Å². The zero-order valence-electron chi connectivity index (χ0n) is 9.96. The molecule has 0 atom stereocenters. The third kappa shape index (κ3) is 3.08.